The Morgan fingerprint density at radius 2 is 1.76 bits per heavy atom. The lowest BCUT2D eigenvalue weighted by atomic mass is 9.52. The van der Waals surface area contributed by atoms with Crippen LogP contribution in [0.4, 0.5) is 0 Å². The first-order chi connectivity index (χ1) is 9.78. The van der Waals surface area contributed by atoms with Crippen LogP contribution in [0.3, 0.4) is 0 Å². The summed E-state index contributed by atoms with van der Waals surface area (Å²) in [6.07, 6.45) is 9.43. The van der Waals surface area contributed by atoms with Gasteiger partial charge in [-0.05, 0) is 62.2 Å². The van der Waals surface area contributed by atoms with Crippen LogP contribution in [0, 0.1) is 34.0 Å². The molecule has 2 aliphatic carbocycles. The van der Waals surface area contributed by atoms with Crippen molar-refractivity contribution < 1.29 is 5.11 Å². The Balaban J connectivity index is 2.16. The Morgan fingerprint density at radius 3 is 2.24 bits per heavy atom. The predicted molar refractivity (Wildman–Crippen MR) is 86.7 cm³/mol. The summed E-state index contributed by atoms with van der Waals surface area (Å²) in [6, 6.07) is 2.60. The van der Waals surface area contributed by atoms with Crippen molar-refractivity contribution in [3.05, 3.63) is 0 Å². The maximum atomic E-state index is 11.4. The topological polar surface area (TPSA) is 44.0 Å². The number of aliphatic hydroxyl groups is 1. The number of hydrogen-bond donors (Lipinski definition) is 1. The third-order valence-corrected chi connectivity index (χ3v) is 6.56. The van der Waals surface area contributed by atoms with Gasteiger partial charge in [-0.1, -0.05) is 40.5 Å². The summed E-state index contributed by atoms with van der Waals surface area (Å²) in [5.41, 5.74) is -0.955. The van der Waals surface area contributed by atoms with Crippen LogP contribution in [0.1, 0.15) is 85.5 Å². The highest BCUT2D eigenvalue weighted by molar-refractivity contribution is 5.16. The molecule has 2 nitrogen and oxygen atoms in total. The van der Waals surface area contributed by atoms with Crippen LogP contribution < -0.4 is 0 Å². The summed E-state index contributed by atoms with van der Waals surface area (Å²) < 4.78 is 0. The molecule has 2 aliphatic rings. The van der Waals surface area contributed by atoms with Gasteiger partial charge >= 0.3 is 0 Å². The van der Waals surface area contributed by atoms with E-state index in [1.165, 1.54) is 12.8 Å². The Morgan fingerprint density at radius 1 is 1.14 bits per heavy atom. The zero-order chi connectivity index (χ0) is 15.7. The molecule has 0 spiro atoms. The number of rotatable bonds is 3. The van der Waals surface area contributed by atoms with Crippen molar-refractivity contribution in [2.45, 2.75) is 91.1 Å². The van der Waals surface area contributed by atoms with E-state index in [2.05, 4.69) is 33.8 Å². The highest BCUT2D eigenvalue weighted by atomic mass is 16.3. The van der Waals surface area contributed by atoms with Gasteiger partial charge in [0, 0.05) is 0 Å². The van der Waals surface area contributed by atoms with Gasteiger partial charge < -0.3 is 5.11 Å². The average Bonchev–Trinajstić information content (AvgIpc) is 2.44. The number of hydrogen-bond acceptors (Lipinski definition) is 2. The molecule has 21 heavy (non-hydrogen) atoms. The van der Waals surface area contributed by atoms with Crippen molar-refractivity contribution in [2.24, 2.45) is 22.7 Å². The smallest absolute Gasteiger partial charge is 0.0863 e. The molecular weight excluding hydrogens is 258 g/mol. The number of nitriles is 1. The van der Waals surface area contributed by atoms with Gasteiger partial charge in [0.25, 0.3) is 0 Å². The Kier molecular flexibility index (Phi) is 4.74. The molecule has 1 N–H and O–H groups in total. The molecule has 2 heteroatoms. The largest absolute Gasteiger partial charge is 0.388 e. The summed E-state index contributed by atoms with van der Waals surface area (Å²) in [7, 11) is 0. The highest BCUT2D eigenvalue weighted by Gasteiger charge is 2.57. The summed E-state index contributed by atoms with van der Waals surface area (Å²) in [5.74, 6) is 0.999. The molecule has 2 unspecified atom stereocenters. The fourth-order valence-electron chi connectivity index (χ4n) is 5.09. The standard InChI is InChI=1S/C19H33NO/c1-5-6-16-7-9-18(14-20,10-8-16)19(21)12-11-17(3,4)13-15(19)2/h15-16,21H,5-13H2,1-4H3. The fraction of sp³-hybridized carbons (Fsp3) is 0.947. The lowest BCUT2D eigenvalue weighted by Crippen LogP contribution is -2.57. The second-order valence-electron chi connectivity index (χ2n) is 8.62. The van der Waals surface area contributed by atoms with Crippen molar-refractivity contribution in [3.63, 3.8) is 0 Å². The van der Waals surface area contributed by atoms with E-state index < -0.39 is 11.0 Å². The Labute approximate surface area is 130 Å². The maximum Gasteiger partial charge on any atom is 0.0863 e. The Bertz CT molecular complexity index is 400. The molecule has 2 rings (SSSR count). The zero-order valence-electron chi connectivity index (χ0n) is 14.4. The van der Waals surface area contributed by atoms with Crippen LogP contribution >= 0.6 is 0 Å². The molecular formula is C19H33NO. The first kappa shape index (κ1) is 16.8. The summed E-state index contributed by atoms with van der Waals surface area (Å²) in [4.78, 5) is 0. The molecule has 2 atom stereocenters. The van der Waals surface area contributed by atoms with Gasteiger partial charge in [0.15, 0.2) is 0 Å². The van der Waals surface area contributed by atoms with Crippen molar-refractivity contribution in [1.29, 1.82) is 5.26 Å². The molecule has 0 aromatic carbocycles. The van der Waals surface area contributed by atoms with Crippen LogP contribution in [0.2, 0.25) is 0 Å². The number of nitrogens with zero attached hydrogens (tertiary/aromatic N) is 1. The normalized spacial score (nSPS) is 43.2. The first-order valence-electron chi connectivity index (χ1n) is 8.92. The van der Waals surface area contributed by atoms with Gasteiger partial charge in [-0.3, -0.25) is 0 Å². The molecule has 0 radical (unpaired) electrons. The van der Waals surface area contributed by atoms with Crippen LogP contribution in [0.15, 0.2) is 0 Å². The van der Waals surface area contributed by atoms with Gasteiger partial charge in [0.1, 0.15) is 0 Å². The highest BCUT2D eigenvalue weighted by Crippen LogP contribution is 2.56. The van der Waals surface area contributed by atoms with Crippen molar-refractivity contribution in [2.75, 3.05) is 0 Å². The van der Waals surface area contributed by atoms with E-state index in [0.717, 1.165) is 50.9 Å². The average molecular weight is 291 g/mol. The summed E-state index contributed by atoms with van der Waals surface area (Å²) >= 11 is 0. The minimum Gasteiger partial charge on any atom is -0.388 e. The van der Waals surface area contributed by atoms with Gasteiger partial charge in [0.05, 0.1) is 17.1 Å². The van der Waals surface area contributed by atoms with E-state index in [1.807, 2.05) is 0 Å². The van der Waals surface area contributed by atoms with E-state index in [9.17, 15) is 10.4 Å². The van der Waals surface area contributed by atoms with Crippen LogP contribution in [-0.2, 0) is 0 Å². The molecule has 120 valence electrons. The molecule has 2 fully saturated rings. The maximum absolute atomic E-state index is 11.4. The van der Waals surface area contributed by atoms with E-state index >= 15 is 0 Å². The third-order valence-electron chi connectivity index (χ3n) is 6.56. The van der Waals surface area contributed by atoms with Crippen LogP contribution in [0.5, 0.6) is 0 Å². The van der Waals surface area contributed by atoms with Gasteiger partial charge in [-0.15, -0.1) is 0 Å². The second-order valence-corrected chi connectivity index (χ2v) is 8.62. The molecule has 2 saturated carbocycles. The fourth-order valence-corrected chi connectivity index (χ4v) is 5.09. The SMILES string of the molecule is CCCC1CCC(C#N)(C2(O)CCC(C)(C)CC2C)CC1. The lowest BCUT2D eigenvalue weighted by Gasteiger charge is -2.54. The zero-order valence-corrected chi connectivity index (χ0v) is 14.4. The van der Waals surface area contributed by atoms with E-state index in [-0.39, 0.29) is 5.92 Å². The van der Waals surface area contributed by atoms with E-state index in [1.54, 1.807) is 0 Å². The Hall–Kier alpha value is -0.550. The third kappa shape index (κ3) is 3.00. The van der Waals surface area contributed by atoms with Crippen molar-refractivity contribution >= 4 is 0 Å². The van der Waals surface area contributed by atoms with Crippen LogP contribution in [0.25, 0.3) is 0 Å². The lowest BCUT2D eigenvalue weighted by molar-refractivity contribution is -0.153. The minimum atomic E-state index is -0.769. The van der Waals surface area contributed by atoms with Gasteiger partial charge in [-0.25, -0.2) is 0 Å². The second kappa shape index (κ2) is 5.92. The molecule has 0 aromatic heterocycles. The van der Waals surface area contributed by atoms with Crippen molar-refractivity contribution in [3.8, 4) is 6.07 Å². The molecule has 0 saturated heterocycles. The molecule has 0 heterocycles. The molecule has 0 bridgehead atoms. The minimum absolute atomic E-state index is 0.226. The molecule has 0 aliphatic heterocycles. The van der Waals surface area contributed by atoms with Gasteiger partial charge in [0.2, 0.25) is 0 Å². The summed E-state index contributed by atoms with van der Waals surface area (Å²) in [5, 5.41) is 21.4. The quantitative estimate of drug-likeness (QED) is 0.789. The van der Waals surface area contributed by atoms with Crippen molar-refractivity contribution in [1.82, 2.24) is 0 Å². The predicted octanol–water partition coefficient (Wildman–Crippen LogP) is 5.06. The van der Waals surface area contributed by atoms with Crippen LogP contribution in [-0.4, -0.2) is 10.7 Å². The first-order valence-corrected chi connectivity index (χ1v) is 8.92. The summed E-state index contributed by atoms with van der Waals surface area (Å²) in [6.45, 7) is 8.99. The monoisotopic (exact) mass is 291 g/mol. The molecule has 0 aromatic rings. The van der Waals surface area contributed by atoms with E-state index in [0.29, 0.717) is 5.41 Å². The molecule has 0 amide bonds. The van der Waals surface area contributed by atoms with Gasteiger partial charge in [-0.2, -0.15) is 5.26 Å². The van der Waals surface area contributed by atoms with E-state index in [4.69, 9.17) is 0 Å².